The van der Waals surface area contributed by atoms with Gasteiger partial charge in [-0.1, -0.05) is 12.1 Å². The van der Waals surface area contributed by atoms with Crippen LogP contribution in [0.25, 0.3) is 22.6 Å². The predicted octanol–water partition coefficient (Wildman–Crippen LogP) is 4.43. The molecule has 162 valence electrons. The third-order valence-corrected chi connectivity index (χ3v) is 5.30. The van der Waals surface area contributed by atoms with Crippen LogP contribution in [0, 0.1) is 19.7 Å². The Bertz CT molecular complexity index is 1520. The summed E-state index contributed by atoms with van der Waals surface area (Å²) in [7, 11) is 0. The topological polar surface area (TPSA) is 82.7 Å². The molecule has 7 nitrogen and oxygen atoms in total. The third-order valence-electron chi connectivity index (χ3n) is 5.30. The molecule has 3 heterocycles. The van der Waals surface area contributed by atoms with Crippen LogP contribution >= 0.6 is 0 Å². The van der Waals surface area contributed by atoms with Gasteiger partial charge in [0.2, 0.25) is 0 Å². The average Bonchev–Trinajstić information content (AvgIpc) is 3.38. The summed E-state index contributed by atoms with van der Waals surface area (Å²) in [6, 6.07) is 17.5. The second-order valence-electron chi connectivity index (χ2n) is 7.65. The van der Waals surface area contributed by atoms with Crippen molar-refractivity contribution in [2.75, 3.05) is 0 Å². The van der Waals surface area contributed by atoms with E-state index in [2.05, 4.69) is 15.1 Å². The van der Waals surface area contributed by atoms with Crippen molar-refractivity contribution in [3.05, 3.63) is 101 Å². The molecule has 8 heteroatoms. The van der Waals surface area contributed by atoms with Gasteiger partial charge in [0.15, 0.2) is 5.65 Å². The molecule has 5 rings (SSSR count). The summed E-state index contributed by atoms with van der Waals surface area (Å²) >= 11 is 0. The molecular weight excluding hydrogens is 421 g/mol. The van der Waals surface area contributed by atoms with Gasteiger partial charge in [-0.15, -0.1) is 0 Å². The molecule has 0 spiro atoms. The first-order chi connectivity index (χ1) is 15.9. The number of carbonyl (C=O) groups is 2. The number of fused-ring (bicyclic) bond motifs is 1. The van der Waals surface area contributed by atoms with Gasteiger partial charge in [0, 0.05) is 28.6 Å². The first-order valence-corrected chi connectivity index (χ1v) is 10.2. The van der Waals surface area contributed by atoms with Gasteiger partial charge in [-0.3, -0.25) is 9.59 Å². The van der Waals surface area contributed by atoms with Crippen molar-refractivity contribution in [3.8, 4) is 11.4 Å². The highest BCUT2D eigenvalue weighted by atomic mass is 19.1. The maximum Gasteiger partial charge on any atom is 0.278 e. The minimum absolute atomic E-state index is 0.246. The SMILES string of the molecule is Cc1cc(C)n(C(=O)c2ccc(-c3nc4cccnc4n3C(=O)c3ccc(F)cc3)cc2)n1. The van der Waals surface area contributed by atoms with Gasteiger partial charge in [-0.2, -0.15) is 5.10 Å². The number of nitrogens with zero attached hydrogens (tertiary/aromatic N) is 5. The fourth-order valence-electron chi connectivity index (χ4n) is 3.74. The van der Waals surface area contributed by atoms with E-state index in [0.717, 1.165) is 11.4 Å². The van der Waals surface area contributed by atoms with Crippen LogP contribution in [0.4, 0.5) is 4.39 Å². The number of halogens is 1. The predicted molar refractivity (Wildman–Crippen MR) is 121 cm³/mol. The van der Waals surface area contributed by atoms with Gasteiger partial charge < -0.3 is 0 Å². The van der Waals surface area contributed by atoms with E-state index in [9.17, 15) is 14.0 Å². The highest BCUT2D eigenvalue weighted by Gasteiger charge is 2.21. The molecule has 2 aromatic carbocycles. The molecule has 0 aliphatic heterocycles. The van der Waals surface area contributed by atoms with Crippen molar-refractivity contribution >= 4 is 23.0 Å². The highest BCUT2D eigenvalue weighted by Crippen LogP contribution is 2.25. The monoisotopic (exact) mass is 439 g/mol. The Morgan fingerprint density at radius 1 is 0.879 bits per heavy atom. The number of pyridine rings is 1. The first kappa shape index (κ1) is 20.4. The summed E-state index contributed by atoms with van der Waals surface area (Å²) in [4.78, 5) is 35.1. The molecule has 0 fully saturated rings. The number of hydrogen-bond acceptors (Lipinski definition) is 5. The van der Waals surface area contributed by atoms with Crippen molar-refractivity contribution in [1.29, 1.82) is 0 Å². The largest absolute Gasteiger partial charge is 0.278 e. The molecule has 0 saturated heterocycles. The normalized spacial score (nSPS) is 11.1. The molecule has 0 atom stereocenters. The zero-order valence-electron chi connectivity index (χ0n) is 17.9. The minimum atomic E-state index is -0.428. The van der Waals surface area contributed by atoms with E-state index in [-0.39, 0.29) is 11.8 Å². The third kappa shape index (κ3) is 3.61. The Kier molecular flexibility index (Phi) is 4.90. The number of benzene rings is 2. The van der Waals surface area contributed by atoms with E-state index >= 15 is 0 Å². The van der Waals surface area contributed by atoms with Crippen LogP contribution < -0.4 is 0 Å². The molecule has 0 radical (unpaired) electrons. The summed E-state index contributed by atoms with van der Waals surface area (Å²) in [6.07, 6.45) is 1.58. The van der Waals surface area contributed by atoms with Gasteiger partial charge in [-0.05, 0) is 68.4 Å². The van der Waals surface area contributed by atoms with Crippen LogP contribution in [0.1, 0.15) is 32.1 Å². The van der Waals surface area contributed by atoms with E-state index in [4.69, 9.17) is 0 Å². The molecule has 0 aliphatic rings. The van der Waals surface area contributed by atoms with Crippen molar-refractivity contribution in [1.82, 2.24) is 24.3 Å². The fourth-order valence-corrected chi connectivity index (χ4v) is 3.74. The summed E-state index contributed by atoms with van der Waals surface area (Å²) in [5.74, 6) is -0.676. The molecule has 0 amide bonds. The zero-order chi connectivity index (χ0) is 23.1. The molecule has 0 saturated carbocycles. The smallest absolute Gasteiger partial charge is 0.268 e. The summed E-state index contributed by atoms with van der Waals surface area (Å²) in [5.41, 5.74) is 3.84. The van der Waals surface area contributed by atoms with E-state index in [1.165, 1.54) is 33.5 Å². The van der Waals surface area contributed by atoms with E-state index in [0.29, 0.717) is 33.7 Å². The van der Waals surface area contributed by atoms with Gasteiger partial charge in [0.25, 0.3) is 11.8 Å². The number of carbonyl (C=O) groups excluding carboxylic acids is 2. The van der Waals surface area contributed by atoms with Crippen molar-refractivity contribution in [3.63, 3.8) is 0 Å². The van der Waals surface area contributed by atoms with Crippen molar-refractivity contribution in [2.24, 2.45) is 0 Å². The molecular formula is C25H18FN5O2. The summed E-state index contributed by atoms with van der Waals surface area (Å²) in [6.45, 7) is 3.65. The minimum Gasteiger partial charge on any atom is -0.268 e. The molecule has 0 aliphatic carbocycles. The number of aryl methyl sites for hydroxylation is 2. The summed E-state index contributed by atoms with van der Waals surface area (Å²) < 4.78 is 16.1. The van der Waals surface area contributed by atoms with Gasteiger partial charge in [0.1, 0.15) is 17.2 Å². The maximum atomic E-state index is 13.4. The number of rotatable bonds is 3. The number of hydrogen-bond donors (Lipinski definition) is 0. The van der Waals surface area contributed by atoms with E-state index < -0.39 is 5.82 Å². The second kappa shape index (κ2) is 7.90. The molecule has 33 heavy (non-hydrogen) atoms. The van der Waals surface area contributed by atoms with Crippen molar-refractivity contribution in [2.45, 2.75) is 13.8 Å². The lowest BCUT2D eigenvalue weighted by molar-refractivity contribution is 0.0939. The quantitative estimate of drug-likeness (QED) is 0.415. The Labute approximate surface area is 188 Å². The van der Waals surface area contributed by atoms with E-state index in [1.807, 2.05) is 19.9 Å². The Hall–Kier alpha value is -4.46. The lowest BCUT2D eigenvalue weighted by atomic mass is 10.1. The molecule has 5 aromatic rings. The van der Waals surface area contributed by atoms with Crippen LogP contribution in [0.5, 0.6) is 0 Å². The zero-order valence-corrected chi connectivity index (χ0v) is 17.9. The van der Waals surface area contributed by atoms with Gasteiger partial charge in [0.05, 0.1) is 5.69 Å². The first-order valence-electron chi connectivity index (χ1n) is 10.2. The summed E-state index contributed by atoms with van der Waals surface area (Å²) in [5, 5.41) is 4.24. The number of imidazole rings is 1. The van der Waals surface area contributed by atoms with Gasteiger partial charge in [-0.25, -0.2) is 23.6 Å². The van der Waals surface area contributed by atoms with E-state index in [1.54, 1.807) is 42.6 Å². The van der Waals surface area contributed by atoms with Crippen LogP contribution in [-0.4, -0.2) is 36.1 Å². The standard InChI is InChI=1S/C25H18FN5O2/c1-15-14-16(2)31(29-15)25(33)19-7-5-17(6-8-19)22-28-21-4-3-13-27-23(21)30(22)24(32)18-9-11-20(26)12-10-18/h3-14H,1-2H3. The fraction of sp³-hybridized carbons (Fsp3) is 0.0800. The van der Waals surface area contributed by atoms with Crippen molar-refractivity contribution < 1.29 is 14.0 Å². The molecule has 0 unspecified atom stereocenters. The van der Waals surface area contributed by atoms with Crippen LogP contribution in [0.3, 0.4) is 0 Å². The maximum absolute atomic E-state index is 13.4. The highest BCUT2D eigenvalue weighted by molar-refractivity contribution is 6.03. The molecule has 3 aromatic heterocycles. The Morgan fingerprint density at radius 3 is 2.21 bits per heavy atom. The Balaban J connectivity index is 1.58. The van der Waals surface area contributed by atoms with Crippen LogP contribution in [0.2, 0.25) is 0 Å². The molecule has 0 N–H and O–H groups in total. The Morgan fingerprint density at radius 2 is 1.55 bits per heavy atom. The van der Waals surface area contributed by atoms with Crippen LogP contribution in [-0.2, 0) is 0 Å². The second-order valence-corrected chi connectivity index (χ2v) is 7.65. The van der Waals surface area contributed by atoms with Gasteiger partial charge >= 0.3 is 0 Å². The lowest BCUT2D eigenvalue weighted by Crippen LogP contribution is -2.15. The lowest BCUT2D eigenvalue weighted by Gasteiger charge is -2.09. The van der Waals surface area contributed by atoms with Crippen LogP contribution in [0.15, 0.2) is 72.9 Å². The number of aromatic nitrogens is 5. The molecule has 0 bridgehead atoms. The average molecular weight is 439 g/mol.